The molecule has 104 valence electrons. The third-order valence-electron chi connectivity index (χ3n) is 3.51. The molecule has 0 atom stereocenters. The van der Waals surface area contributed by atoms with Crippen LogP contribution >= 0.6 is 0 Å². The minimum atomic E-state index is -0.180. The molecule has 0 unspecified atom stereocenters. The molecular formula is C14H21N3O2. The molecule has 19 heavy (non-hydrogen) atoms. The highest BCUT2D eigenvalue weighted by molar-refractivity contribution is 5.94. The van der Waals surface area contributed by atoms with Crippen LogP contribution in [0.1, 0.15) is 36.5 Å². The molecule has 1 fully saturated rings. The Morgan fingerprint density at radius 1 is 1.37 bits per heavy atom. The lowest BCUT2D eigenvalue weighted by molar-refractivity contribution is 0.0642. The van der Waals surface area contributed by atoms with Crippen molar-refractivity contribution in [2.24, 2.45) is 0 Å². The number of carbonyl (C=O) groups is 1. The highest BCUT2D eigenvalue weighted by Gasteiger charge is 2.25. The van der Waals surface area contributed by atoms with E-state index in [0.717, 1.165) is 38.9 Å². The quantitative estimate of drug-likeness (QED) is 0.851. The second-order valence-electron chi connectivity index (χ2n) is 4.92. The van der Waals surface area contributed by atoms with Gasteiger partial charge in [0.2, 0.25) is 5.56 Å². The van der Waals surface area contributed by atoms with Gasteiger partial charge in [-0.3, -0.25) is 9.59 Å². The smallest absolute Gasteiger partial charge is 0.255 e. The molecule has 5 nitrogen and oxygen atoms in total. The number of amides is 1. The van der Waals surface area contributed by atoms with E-state index in [4.69, 9.17) is 0 Å². The number of aromatic amines is 1. The summed E-state index contributed by atoms with van der Waals surface area (Å²) in [6, 6.07) is 3.31. The second-order valence-corrected chi connectivity index (χ2v) is 4.92. The third-order valence-corrected chi connectivity index (χ3v) is 3.51. The maximum absolute atomic E-state index is 12.5. The lowest BCUT2D eigenvalue weighted by Crippen LogP contribution is -2.46. The van der Waals surface area contributed by atoms with Crippen molar-refractivity contribution in [2.45, 2.75) is 32.2 Å². The Balaban J connectivity index is 2.15. The van der Waals surface area contributed by atoms with Crippen LogP contribution in [0.2, 0.25) is 0 Å². The fourth-order valence-electron chi connectivity index (χ4n) is 2.52. The Morgan fingerprint density at radius 3 is 2.68 bits per heavy atom. The van der Waals surface area contributed by atoms with Gasteiger partial charge < -0.3 is 15.2 Å². The van der Waals surface area contributed by atoms with Crippen molar-refractivity contribution in [1.29, 1.82) is 0 Å². The summed E-state index contributed by atoms with van der Waals surface area (Å²) < 4.78 is 0. The summed E-state index contributed by atoms with van der Waals surface area (Å²) in [5, 5.41) is 3.31. The van der Waals surface area contributed by atoms with E-state index in [0.29, 0.717) is 11.6 Å². The zero-order chi connectivity index (χ0) is 13.7. The Labute approximate surface area is 113 Å². The predicted octanol–water partition coefficient (Wildman–Crippen LogP) is 0.979. The summed E-state index contributed by atoms with van der Waals surface area (Å²) in [5.74, 6) is 0.0185. The molecule has 1 aliphatic heterocycles. The van der Waals surface area contributed by atoms with Gasteiger partial charge in [0.15, 0.2) is 0 Å². The highest BCUT2D eigenvalue weighted by atomic mass is 16.2. The molecule has 0 aliphatic carbocycles. The zero-order valence-corrected chi connectivity index (χ0v) is 11.3. The van der Waals surface area contributed by atoms with Crippen LogP contribution in [-0.4, -0.2) is 41.5 Å². The lowest BCUT2D eigenvalue weighted by atomic mass is 10.0. The number of rotatable bonds is 4. The van der Waals surface area contributed by atoms with Crippen molar-refractivity contribution >= 4 is 5.91 Å². The summed E-state index contributed by atoms with van der Waals surface area (Å²) >= 11 is 0. The summed E-state index contributed by atoms with van der Waals surface area (Å²) in [5.41, 5.74) is 0.382. The largest absolute Gasteiger partial charge is 0.336 e. The van der Waals surface area contributed by atoms with Gasteiger partial charge in [-0.05, 0) is 38.4 Å². The van der Waals surface area contributed by atoms with Gasteiger partial charge in [-0.15, -0.1) is 0 Å². The van der Waals surface area contributed by atoms with Gasteiger partial charge in [0, 0.05) is 24.8 Å². The third kappa shape index (κ3) is 3.44. The van der Waals surface area contributed by atoms with Crippen molar-refractivity contribution < 1.29 is 4.79 Å². The molecular weight excluding hydrogens is 242 g/mol. The molecule has 0 spiro atoms. The van der Waals surface area contributed by atoms with E-state index < -0.39 is 0 Å². The number of carbonyl (C=O) groups excluding carboxylic acids is 1. The van der Waals surface area contributed by atoms with E-state index in [9.17, 15) is 9.59 Å². The van der Waals surface area contributed by atoms with E-state index in [2.05, 4.69) is 17.2 Å². The first-order chi connectivity index (χ1) is 9.22. The maximum atomic E-state index is 12.5. The Bertz CT molecular complexity index is 457. The van der Waals surface area contributed by atoms with Gasteiger partial charge in [0.25, 0.3) is 5.91 Å². The Morgan fingerprint density at radius 2 is 2.11 bits per heavy atom. The van der Waals surface area contributed by atoms with E-state index in [1.165, 1.54) is 12.3 Å². The molecule has 0 radical (unpaired) electrons. The normalized spacial score (nSPS) is 16.3. The van der Waals surface area contributed by atoms with E-state index in [1.807, 2.05) is 4.90 Å². The van der Waals surface area contributed by atoms with Crippen LogP contribution in [0.4, 0.5) is 0 Å². The average Bonchev–Trinajstić information content (AvgIpc) is 2.46. The molecule has 5 heteroatoms. The Hall–Kier alpha value is -1.62. The molecule has 1 amide bonds. The Kier molecular flexibility index (Phi) is 4.74. The topological polar surface area (TPSA) is 65.2 Å². The molecule has 0 aromatic carbocycles. The van der Waals surface area contributed by atoms with E-state index in [1.54, 1.807) is 6.07 Å². The monoisotopic (exact) mass is 263 g/mol. The second kappa shape index (κ2) is 6.52. The van der Waals surface area contributed by atoms with Crippen molar-refractivity contribution in [3.05, 3.63) is 34.2 Å². The first kappa shape index (κ1) is 13.8. The molecule has 2 N–H and O–H groups in total. The first-order valence-corrected chi connectivity index (χ1v) is 6.93. The molecule has 0 saturated carbocycles. The maximum Gasteiger partial charge on any atom is 0.255 e. The minimum absolute atomic E-state index is 0.0185. The van der Waals surface area contributed by atoms with Crippen molar-refractivity contribution in [3.63, 3.8) is 0 Å². The van der Waals surface area contributed by atoms with Crippen LogP contribution in [0.15, 0.2) is 23.1 Å². The van der Waals surface area contributed by atoms with Gasteiger partial charge in [0.1, 0.15) is 0 Å². The summed E-state index contributed by atoms with van der Waals surface area (Å²) in [6.45, 7) is 4.77. The highest BCUT2D eigenvalue weighted by Crippen LogP contribution is 2.15. The van der Waals surface area contributed by atoms with Gasteiger partial charge in [-0.25, -0.2) is 0 Å². The number of hydrogen-bond donors (Lipinski definition) is 2. The number of piperidine rings is 1. The molecule has 1 aromatic rings. The SMILES string of the molecule is CCCN(C(=O)c1ccc(=O)[nH]c1)C1CCNCC1. The average molecular weight is 263 g/mol. The number of nitrogens with zero attached hydrogens (tertiary/aromatic N) is 1. The minimum Gasteiger partial charge on any atom is -0.336 e. The van der Waals surface area contributed by atoms with E-state index in [-0.39, 0.29) is 11.5 Å². The fourth-order valence-corrected chi connectivity index (χ4v) is 2.52. The molecule has 1 aromatic heterocycles. The van der Waals surface area contributed by atoms with Crippen LogP contribution in [-0.2, 0) is 0 Å². The lowest BCUT2D eigenvalue weighted by Gasteiger charge is -2.34. The molecule has 2 rings (SSSR count). The standard InChI is InChI=1S/C14H21N3O2/c1-2-9-17(12-5-7-15-8-6-12)14(19)11-3-4-13(18)16-10-11/h3-4,10,12,15H,2,5-9H2,1H3,(H,16,18). The summed E-state index contributed by atoms with van der Waals surface area (Å²) in [4.78, 5) is 28.1. The van der Waals surface area contributed by atoms with Crippen LogP contribution in [0.5, 0.6) is 0 Å². The van der Waals surface area contributed by atoms with Gasteiger partial charge in [-0.2, -0.15) is 0 Å². The number of H-pyrrole nitrogens is 1. The van der Waals surface area contributed by atoms with Crippen LogP contribution in [0, 0.1) is 0 Å². The number of hydrogen-bond acceptors (Lipinski definition) is 3. The van der Waals surface area contributed by atoms with Gasteiger partial charge in [-0.1, -0.05) is 6.92 Å². The zero-order valence-electron chi connectivity index (χ0n) is 11.3. The van der Waals surface area contributed by atoms with Gasteiger partial charge >= 0.3 is 0 Å². The number of nitrogens with one attached hydrogen (secondary N) is 2. The molecule has 1 aliphatic rings. The number of pyridine rings is 1. The number of aromatic nitrogens is 1. The van der Waals surface area contributed by atoms with E-state index >= 15 is 0 Å². The predicted molar refractivity (Wildman–Crippen MR) is 74.3 cm³/mol. The molecule has 2 heterocycles. The van der Waals surface area contributed by atoms with Crippen molar-refractivity contribution in [2.75, 3.05) is 19.6 Å². The first-order valence-electron chi connectivity index (χ1n) is 6.93. The van der Waals surface area contributed by atoms with Crippen LogP contribution < -0.4 is 10.9 Å². The summed E-state index contributed by atoms with van der Waals surface area (Å²) in [6.07, 6.45) is 4.44. The van der Waals surface area contributed by atoms with Crippen molar-refractivity contribution in [1.82, 2.24) is 15.2 Å². The fraction of sp³-hybridized carbons (Fsp3) is 0.571. The molecule has 0 bridgehead atoms. The van der Waals surface area contributed by atoms with Crippen LogP contribution in [0.25, 0.3) is 0 Å². The van der Waals surface area contributed by atoms with Gasteiger partial charge in [0.05, 0.1) is 5.56 Å². The molecule has 1 saturated heterocycles. The summed E-state index contributed by atoms with van der Waals surface area (Å²) in [7, 11) is 0. The van der Waals surface area contributed by atoms with Crippen molar-refractivity contribution in [3.8, 4) is 0 Å². The van der Waals surface area contributed by atoms with Crippen LogP contribution in [0.3, 0.4) is 0 Å².